The summed E-state index contributed by atoms with van der Waals surface area (Å²) >= 11 is 0. The van der Waals surface area contributed by atoms with E-state index in [9.17, 15) is 0 Å². The Labute approximate surface area is 79.0 Å². The Morgan fingerprint density at radius 1 is 1.23 bits per heavy atom. The van der Waals surface area contributed by atoms with Crippen molar-refractivity contribution in [3.05, 3.63) is 29.8 Å². The van der Waals surface area contributed by atoms with Crippen LogP contribution in [-0.4, -0.2) is 0 Å². The monoisotopic (exact) mass is 175 g/mol. The van der Waals surface area contributed by atoms with E-state index in [-0.39, 0.29) is 5.92 Å². The van der Waals surface area contributed by atoms with E-state index >= 15 is 0 Å². The molecular formula is C11H15N2+. The average molecular weight is 175 g/mol. The molecule has 3 N–H and O–H groups in total. The number of hydrogen-bond donors (Lipinski definition) is 1. The second kappa shape index (κ2) is 4.06. The first kappa shape index (κ1) is 9.76. The van der Waals surface area contributed by atoms with Crippen molar-refractivity contribution in [1.29, 1.82) is 5.26 Å². The highest BCUT2D eigenvalue weighted by atomic mass is 14.5. The van der Waals surface area contributed by atoms with Crippen LogP contribution < -0.4 is 5.73 Å². The van der Waals surface area contributed by atoms with E-state index in [0.29, 0.717) is 5.92 Å². The molecule has 0 bridgehead atoms. The lowest BCUT2D eigenvalue weighted by Gasteiger charge is -2.12. The third-order valence-corrected chi connectivity index (χ3v) is 2.14. The summed E-state index contributed by atoms with van der Waals surface area (Å²) in [7, 11) is 0. The quantitative estimate of drug-likeness (QED) is 0.732. The maximum atomic E-state index is 8.95. The Bertz CT molecular complexity index is 306. The normalized spacial score (nSPS) is 12.5. The first-order valence-electron chi connectivity index (χ1n) is 4.46. The van der Waals surface area contributed by atoms with Gasteiger partial charge in [0.15, 0.2) is 0 Å². The van der Waals surface area contributed by atoms with Gasteiger partial charge in [-0.2, -0.15) is 5.26 Å². The number of benzene rings is 1. The van der Waals surface area contributed by atoms with Gasteiger partial charge >= 0.3 is 0 Å². The molecule has 0 amide bonds. The molecule has 0 aliphatic heterocycles. The standard InChI is InChI=1S/C11H14N2/c1-8(2)11(7-12)9-3-5-10(13)6-4-9/h3-6,8,11H,13H2,1-2H3/p+1. The first-order chi connectivity index (χ1) is 6.15. The predicted octanol–water partition coefficient (Wildman–Crippen LogP) is 1.82. The summed E-state index contributed by atoms with van der Waals surface area (Å²) in [6.45, 7) is 4.12. The molecule has 2 nitrogen and oxygen atoms in total. The van der Waals surface area contributed by atoms with Gasteiger partial charge in [-0.15, -0.1) is 0 Å². The van der Waals surface area contributed by atoms with E-state index in [4.69, 9.17) is 5.26 Å². The highest BCUT2D eigenvalue weighted by molar-refractivity contribution is 5.35. The number of nitrogens with zero attached hydrogens (tertiary/aromatic N) is 1. The van der Waals surface area contributed by atoms with Crippen LogP contribution in [0.5, 0.6) is 0 Å². The SMILES string of the molecule is CC(C)C(C#N)c1ccc([NH3+])cc1. The smallest absolute Gasteiger partial charge is 0.127 e. The molecule has 1 rings (SSSR count). The maximum Gasteiger partial charge on any atom is 0.127 e. The van der Waals surface area contributed by atoms with Crippen molar-refractivity contribution in [2.45, 2.75) is 19.8 Å². The van der Waals surface area contributed by atoms with Crippen LogP contribution in [0.1, 0.15) is 25.3 Å². The number of rotatable bonds is 2. The van der Waals surface area contributed by atoms with Gasteiger partial charge in [-0.1, -0.05) is 26.0 Å². The molecule has 0 aliphatic carbocycles. The van der Waals surface area contributed by atoms with Gasteiger partial charge in [-0.05, 0) is 23.6 Å². The zero-order valence-electron chi connectivity index (χ0n) is 8.12. The zero-order valence-corrected chi connectivity index (χ0v) is 8.12. The van der Waals surface area contributed by atoms with Gasteiger partial charge in [0.1, 0.15) is 5.69 Å². The topological polar surface area (TPSA) is 51.4 Å². The molecule has 0 aromatic heterocycles. The average Bonchev–Trinajstić information content (AvgIpc) is 2.09. The minimum Gasteiger partial charge on any atom is -0.325 e. The summed E-state index contributed by atoms with van der Waals surface area (Å²) in [6.07, 6.45) is 0. The third kappa shape index (κ3) is 2.30. The van der Waals surface area contributed by atoms with E-state index in [1.54, 1.807) is 0 Å². The van der Waals surface area contributed by atoms with Gasteiger partial charge in [0, 0.05) is 0 Å². The Morgan fingerprint density at radius 2 is 1.77 bits per heavy atom. The molecule has 13 heavy (non-hydrogen) atoms. The molecule has 1 atom stereocenters. The molecule has 0 aliphatic rings. The molecule has 0 saturated carbocycles. The van der Waals surface area contributed by atoms with Gasteiger partial charge in [-0.3, -0.25) is 0 Å². The molecular weight excluding hydrogens is 160 g/mol. The second-order valence-electron chi connectivity index (χ2n) is 3.59. The van der Waals surface area contributed by atoms with Crippen LogP contribution in [0.4, 0.5) is 5.69 Å². The lowest BCUT2D eigenvalue weighted by Crippen LogP contribution is -2.39. The number of nitriles is 1. The van der Waals surface area contributed by atoms with Crippen molar-refractivity contribution < 1.29 is 5.73 Å². The Balaban J connectivity index is 2.94. The molecule has 0 heterocycles. The summed E-state index contributed by atoms with van der Waals surface area (Å²) < 4.78 is 0. The van der Waals surface area contributed by atoms with Gasteiger partial charge in [0.2, 0.25) is 0 Å². The highest BCUT2D eigenvalue weighted by Crippen LogP contribution is 2.23. The zero-order chi connectivity index (χ0) is 9.84. The van der Waals surface area contributed by atoms with Crippen LogP contribution in [0, 0.1) is 17.2 Å². The summed E-state index contributed by atoms with van der Waals surface area (Å²) in [6, 6.07) is 10.2. The molecule has 1 aromatic rings. The molecule has 0 fully saturated rings. The molecule has 1 aromatic carbocycles. The Morgan fingerprint density at radius 3 is 2.15 bits per heavy atom. The maximum absolute atomic E-state index is 8.95. The fourth-order valence-corrected chi connectivity index (χ4v) is 1.33. The third-order valence-electron chi connectivity index (χ3n) is 2.14. The van der Waals surface area contributed by atoms with Crippen molar-refractivity contribution in [2.75, 3.05) is 0 Å². The fraction of sp³-hybridized carbons (Fsp3) is 0.364. The van der Waals surface area contributed by atoms with E-state index in [1.807, 2.05) is 24.3 Å². The Hall–Kier alpha value is -1.33. The summed E-state index contributed by atoms with van der Waals surface area (Å²) in [5.41, 5.74) is 5.89. The van der Waals surface area contributed by atoms with Crippen LogP contribution >= 0.6 is 0 Å². The van der Waals surface area contributed by atoms with Crippen LogP contribution in [0.3, 0.4) is 0 Å². The number of quaternary nitrogens is 1. The largest absolute Gasteiger partial charge is 0.325 e. The van der Waals surface area contributed by atoms with Crippen molar-refractivity contribution in [2.24, 2.45) is 5.92 Å². The van der Waals surface area contributed by atoms with Crippen LogP contribution in [-0.2, 0) is 0 Å². The number of hydrogen-bond acceptors (Lipinski definition) is 1. The van der Waals surface area contributed by atoms with Crippen molar-refractivity contribution in [1.82, 2.24) is 0 Å². The van der Waals surface area contributed by atoms with Crippen molar-refractivity contribution in [3.63, 3.8) is 0 Å². The lowest BCUT2D eigenvalue weighted by atomic mass is 9.90. The van der Waals surface area contributed by atoms with Crippen LogP contribution in [0.15, 0.2) is 24.3 Å². The fourth-order valence-electron chi connectivity index (χ4n) is 1.33. The van der Waals surface area contributed by atoms with Gasteiger partial charge in [-0.25, -0.2) is 0 Å². The van der Waals surface area contributed by atoms with Crippen LogP contribution in [0.25, 0.3) is 0 Å². The molecule has 1 unspecified atom stereocenters. The van der Waals surface area contributed by atoms with Gasteiger partial charge in [0.05, 0.1) is 12.0 Å². The van der Waals surface area contributed by atoms with E-state index in [1.165, 1.54) is 0 Å². The molecule has 0 radical (unpaired) electrons. The van der Waals surface area contributed by atoms with Crippen molar-refractivity contribution in [3.8, 4) is 6.07 Å². The van der Waals surface area contributed by atoms with E-state index in [0.717, 1.165) is 11.3 Å². The second-order valence-corrected chi connectivity index (χ2v) is 3.59. The summed E-state index contributed by atoms with van der Waals surface area (Å²) in [4.78, 5) is 0. The first-order valence-corrected chi connectivity index (χ1v) is 4.46. The van der Waals surface area contributed by atoms with Crippen molar-refractivity contribution >= 4 is 5.69 Å². The highest BCUT2D eigenvalue weighted by Gasteiger charge is 2.14. The Kier molecular flexibility index (Phi) is 3.05. The summed E-state index contributed by atoms with van der Waals surface area (Å²) in [5, 5.41) is 8.95. The van der Waals surface area contributed by atoms with Crippen LogP contribution in [0.2, 0.25) is 0 Å². The minimum absolute atomic E-state index is 0.000556. The molecule has 68 valence electrons. The van der Waals surface area contributed by atoms with Gasteiger partial charge < -0.3 is 5.73 Å². The van der Waals surface area contributed by atoms with Gasteiger partial charge in [0.25, 0.3) is 0 Å². The predicted molar refractivity (Wildman–Crippen MR) is 52.2 cm³/mol. The molecule has 0 spiro atoms. The molecule has 0 saturated heterocycles. The summed E-state index contributed by atoms with van der Waals surface area (Å²) in [5.74, 6) is 0.362. The molecule has 2 heteroatoms. The minimum atomic E-state index is 0.000556. The lowest BCUT2D eigenvalue weighted by molar-refractivity contribution is -0.254. The van der Waals surface area contributed by atoms with E-state index < -0.39 is 0 Å². The van der Waals surface area contributed by atoms with E-state index in [2.05, 4.69) is 25.7 Å².